The standard InChI is InChI=1S/C19H19NO6/c1-24-8-7-20(11-13-5-6-16-17(9-13)26-12-25-16)18(21)14-3-2-4-15(10-14)19(22)23/h2-6,9-10H,7-8,11-12H2,1H3,(H,22,23). The van der Waals surface area contributed by atoms with Gasteiger partial charge in [0.1, 0.15) is 0 Å². The average Bonchev–Trinajstić information content (AvgIpc) is 3.12. The predicted molar refractivity (Wildman–Crippen MR) is 92.6 cm³/mol. The van der Waals surface area contributed by atoms with Crippen LogP contribution in [0.15, 0.2) is 42.5 Å². The maximum absolute atomic E-state index is 12.9. The first-order valence-corrected chi connectivity index (χ1v) is 8.08. The SMILES string of the molecule is COCCN(Cc1ccc2c(c1)OCO2)C(=O)c1cccc(C(=O)O)c1. The largest absolute Gasteiger partial charge is 0.478 e. The monoisotopic (exact) mass is 357 g/mol. The van der Waals surface area contributed by atoms with Gasteiger partial charge >= 0.3 is 5.97 Å². The summed E-state index contributed by atoms with van der Waals surface area (Å²) in [6, 6.07) is 11.5. The Bertz CT molecular complexity index is 819. The highest BCUT2D eigenvalue weighted by molar-refractivity contribution is 5.97. The van der Waals surface area contributed by atoms with E-state index in [9.17, 15) is 9.59 Å². The molecule has 0 aromatic heterocycles. The maximum Gasteiger partial charge on any atom is 0.335 e. The molecule has 0 atom stereocenters. The average molecular weight is 357 g/mol. The lowest BCUT2D eigenvalue weighted by Gasteiger charge is -2.23. The van der Waals surface area contributed by atoms with Crippen molar-refractivity contribution in [3.63, 3.8) is 0 Å². The molecular weight excluding hydrogens is 338 g/mol. The van der Waals surface area contributed by atoms with Crippen LogP contribution in [0.3, 0.4) is 0 Å². The molecule has 26 heavy (non-hydrogen) atoms. The van der Waals surface area contributed by atoms with Gasteiger partial charge in [-0.25, -0.2) is 4.79 Å². The summed E-state index contributed by atoms with van der Waals surface area (Å²) in [5.41, 5.74) is 1.28. The first-order valence-electron chi connectivity index (χ1n) is 8.08. The molecule has 1 aliphatic rings. The zero-order valence-corrected chi connectivity index (χ0v) is 14.3. The van der Waals surface area contributed by atoms with E-state index in [0.717, 1.165) is 5.56 Å². The fourth-order valence-corrected chi connectivity index (χ4v) is 2.68. The van der Waals surface area contributed by atoms with Gasteiger partial charge in [-0.1, -0.05) is 12.1 Å². The molecular formula is C19H19NO6. The number of aromatic carboxylic acids is 1. The Kier molecular flexibility index (Phi) is 5.38. The zero-order valence-electron chi connectivity index (χ0n) is 14.3. The Labute approximate surface area is 150 Å². The van der Waals surface area contributed by atoms with Gasteiger partial charge in [-0.2, -0.15) is 0 Å². The molecule has 0 unspecified atom stereocenters. The number of carbonyl (C=O) groups is 2. The van der Waals surface area contributed by atoms with Crippen LogP contribution in [-0.2, 0) is 11.3 Å². The van der Waals surface area contributed by atoms with Gasteiger partial charge in [-0.15, -0.1) is 0 Å². The molecule has 0 saturated carbocycles. The molecule has 1 heterocycles. The number of carboxylic acid groups (broad SMARTS) is 1. The van der Waals surface area contributed by atoms with Gasteiger partial charge < -0.3 is 24.2 Å². The van der Waals surface area contributed by atoms with Crippen molar-refractivity contribution in [3.05, 3.63) is 59.2 Å². The number of amides is 1. The first-order chi connectivity index (χ1) is 12.6. The number of hydrogen-bond acceptors (Lipinski definition) is 5. The van der Waals surface area contributed by atoms with Crippen LogP contribution in [0.2, 0.25) is 0 Å². The molecule has 0 aliphatic carbocycles. The Morgan fingerprint density at radius 3 is 2.65 bits per heavy atom. The van der Waals surface area contributed by atoms with Gasteiger partial charge in [0.25, 0.3) is 5.91 Å². The van der Waals surface area contributed by atoms with E-state index < -0.39 is 5.97 Å². The van der Waals surface area contributed by atoms with E-state index in [1.165, 1.54) is 12.1 Å². The molecule has 136 valence electrons. The third kappa shape index (κ3) is 3.94. The molecule has 1 aliphatic heterocycles. The molecule has 0 spiro atoms. The third-order valence-electron chi connectivity index (χ3n) is 4.02. The molecule has 0 saturated heterocycles. The summed E-state index contributed by atoms with van der Waals surface area (Å²) in [6.45, 7) is 1.28. The number of carboxylic acids is 1. The smallest absolute Gasteiger partial charge is 0.335 e. The van der Waals surface area contributed by atoms with Crippen molar-refractivity contribution in [2.24, 2.45) is 0 Å². The minimum Gasteiger partial charge on any atom is -0.478 e. The number of ether oxygens (including phenoxy) is 3. The lowest BCUT2D eigenvalue weighted by atomic mass is 10.1. The van der Waals surface area contributed by atoms with Gasteiger partial charge in [0.05, 0.1) is 12.2 Å². The molecule has 0 bridgehead atoms. The molecule has 2 aromatic rings. The van der Waals surface area contributed by atoms with Crippen LogP contribution < -0.4 is 9.47 Å². The van der Waals surface area contributed by atoms with Crippen molar-refractivity contribution in [1.29, 1.82) is 0 Å². The summed E-state index contributed by atoms with van der Waals surface area (Å²) >= 11 is 0. The maximum atomic E-state index is 12.9. The van der Waals surface area contributed by atoms with Gasteiger partial charge in [0.15, 0.2) is 11.5 Å². The second-order valence-electron chi connectivity index (χ2n) is 5.79. The summed E-state index contributed by atoms with van der Waals surface area (Å²) in [5, 5.41) is 9.13. The highest BCUT2D eigenvalue weighted by Gasteiger charge is 2.19. The highest BCUT2D eigenvalue weighted by atomic mass is 16.7. The number of benzene rings is 2. The number of hydrogen-bond donors (Lipinski definition) is 1. The van der Waals surface area contributed by atoms with E-state index in [1.54, 1.807) is 24.1 Å². The van der Waals surface area contributed by atoms with E-state index in [4.69, 9.17) is 19.3 Å². The molecule has 7 nitrogen and oxygen atoms in total. The topological polar surface area (TPSA) is 85.3 Å². The van der Waals surface area contributed by atoms with E-state index in [-0.39, 0.29) is 18.3 Å². The number of nitrogens with zero attached hydrogens (tertiary/aromatic N) is 1. The third-order valence-corrected chi connectivity index (χ3v) is 4.02. The second-order valence-corrected chi connectivity index (χ2v) is 5.79. The highest BCUT2D eigenvalue weighted by Crippen LogP contribution is 2.32. The van der Waals surface area contributed by atoms with Crippen molar-refractivity contribution in [3.8, 4) is 11.5 Å². The molecule has 0 radical (unpaired) electrons. The minimum atomic E-state index is -1.07. The summed E-state index contributed by atoms with van der Waals surface area (Å²) in [6.07, 6.45) is 0. The summed E-state index contributed by atoms with van der Waals surface area (Å²) < 4.78 is 15.8. The molecule has 7 heteroatoms. The Hall–Kier alpha value is -3.06. The van der Waals surface area contributed by atoms with Gasteiger partial charge in [0, 0.05) is 25.8 Å². The molecule has 0 fully saturated rings. The zero-order chi connectivity index (χ0) is 18.5. The molecule has 1 amide bonds. The lowest BCUT2D eigenvalue weighted by Crippen LogP contribution is -2.33. The van der Waals surface area contributed by atoms with E-state index in [1.807, 2.05) is 18.2 Å². The van der Waals surface area contributed by atoms with Gasteiger partial charge in [0.2, 0.25) is 6.79 Å². The van der Waals surface area contributed by atoms with Crippen molar-refractivity contribution in [2.45, 2.75) is 6.54 Å². The van der Waals surface area contributed by atoms with Crippen LogP contribution in [0.1, 0.15) is 26.3 Å². The fraction of sp³-hybridized carbons (Fsp3) is 0.263. The first kappa shape index (κ1) is 17.8. The quantitative estimate of drug-likeness (QED) is 0.819. The number of methoxy groups -OCH3 is 1. The lowest BCUT2D eigenvalue weighted by molar-refractivity contribution is 0.0680. The van der Waals surface area contributed by atoms with E-state index in [0.29, 0.717) is 36.8 Å². The van der Waals surface area contributed by atoms with Crippen LogP contribution in [0.25, 0.3) is 0 Å². The van der Waals surface area contributed by atoms with Crippen LogP contribution in [0.5, 0.6) is 11.5 Å². The van der Waals surface area contributed by atoms with Crippen molar-refractivity contribution < 1.29 is 28.9 Å². The Balaban J connectivity index is 1.82. The summed E-state index contributed by atoms with van der Waals surface area (Å²) in [5.74, 6) is -0.00567. The van der Waals surface area contributed by atoms with Crippen LogP contribution >= 0.6 is 0 Å². The minimum absolute atomic E-state index is 0.0746. The summed E-state index contributed by atoms with van der Waals surface area (Å²) in [7, 11) is 1.56. The molecule has 2 aromatic carbocycles. The predicted octanol–water partition coefficient (Wildman–Crippen LogP) is 2.40. The van der Waals surface area contributed by atoms with Crippen molar-refractivity contribution in [2.75, 3.05) is 27.1 Å². The van der Waals surface area contributed by atoms with Crippen LogP contribution in [0, 0.1) is 0 Å². The van der Waals surface area contributed by atoms with Crippen LogP contribution in [0.4, 0.5) is 0 Å². The second kappa shape index (κ2) is 7.88. The van der Waals surface area contributed by atoms with E-state index >= 15 is 0 Å². The normalized spacial score (nSPS) is 12.0. The van der Waals surface area contributed by atoms with Crippen molar-refractivity contribution in [1.82, 2.24) is 4.90 Å². The molecule has 3 rings (SSSR count). The number of fused-ring (bicyclic) bond motifs is 1. The number of carbonyl (C=O) groups excluding carboxylic acids is 1. The Morgan fingerprint density at radius 2 is 1.88 bits per heavy atom. The summed E-state index contributed by atoms with van der Waals surface area (Å²) in [4.78, 5) is 25.6. The van der Waals surface area contributed by atoms with Crippen LogP contribution in [-0.4, -0.2) is 48.9 Å². The fourth-order valence-electron chi connectivity index (χ4n) is 2.68. The van der Waals surface area contributed by atoms with Gasteiger partial charge in [-0.05, 0) is 35.9 Å². The Morgan fingerprint density at radius 1 is 1.12 bits per heavy atom. The molecule has 1 N–H and O–H groups in total. The van der Waals surface area contributed by atoms with Gasteiger partial charge in [-0.3, -0.25) is 4.79 Å². The van der Waals surface area contributed by atoms with Crippen molar-refractivity contribution >= 4 is 11.9 Å². The van der Waals surface area contributed by atoms with E-state index in [2.05, 4.69) is 0 Å². The number of rotatable bonds is 7.